The predicted octanol–water partition coefficient (Wildman–Crippen LogP) is 1.94. The van der Waals surface area contributed by atoms with Gasteiger partial charge >= 0.3 is 17.7 Å². The lowest BCUT2D eigenvalue weighted by atomic mass is 10.4. The lowest BCUT2D eigenvalue weighted by molar-refractivity contribution is -0.385. The zero-order valence-electron chi connectivity index (χ0n) is 8.64. The summed E-state index contributed by atoms with van der Waals surface area (Å²) in [5, 5.41) is 20.6. The highest BCUT2D eigenvalue weighted by atomic mass is 32.1. The maximum absolute atomic E-state index is 10.6. The molecular formula is C9H5N3O5S. The Morgan fingerprint density at radius 1 is 1.44 bits per heavy atom. The molecule has 2 aromatic heterocycles. The van der Waals surface area contributed by atoms with Crippen LogP contribution in [0.5, 0.6) is 11.8 Å². The number of nitro groups is 1. The van der Waals surface area contributed by atoms with E-state index in [1.807, 2.05) is 0 Å². The van der Waals surface area contributed by atoms with Gasteiger partial charge in [-0.25, -0.2) is 4.79 Å². The molecule has 9 heteroatoms. The molecule has 0 spiro atoms. The van der Waals surface area contributed by atoms with Crippen molar-refractivity contribution in [3.05, 3.63) is 38.8 Å². The van der Waals surface area contributed by atoms with E-state index in [-0.39, 0.29) is 22.3 Å². The van der Waals surface area contributed by atoms with E-state index in [9.17, 15) is 14.9 Å². The third kappa shape index (κ3) is 2.58. The summed E-state index contributed by atoms with van der Waals surface area (Å²) in [7, 11) is 0. The highest BCUT2D eigenvalue weighted by Crippen LogP contribution is 2.25. The van der Waals surface area contributed by atoms with E-state index in [0.29, 0.717) is 0 Å². The van der Waals surface area contributed by atoms with Crippen LogP contribution in [0.15, 0.2) is 23.8 Å². The SMILES string of the molecule is O=C(O)c1cc(Oc2ncc([N+](=O)[O-])cn2)cs1. The number of hydrogen-bond acceptors (Lipinski definition) is 7. The number of ether oxygens (including phenoxy) is 1. The summed E-state index contributed by atoms with van der Waals surface area (Å²) in [6.07, 6.45) is 2.01. The summed E-state index contributed by atoms with van der Waals surface area (Å²) in [5.41, 5.74) is -0.251. The minimum absolute atomic E-state index is 0.0876. The zero-order valence-corrected chi connectivity index (χ0v) is 9.46. The second kappa shape index (κ2) is 4.75. The van der Waals surface area contributed by atoms with E-state index in [0.717, 1.165) is 23.7 Å². The number of carboxylic acids is 1. The van der Waals surface area contributed by atoms with E-state index >= 15 is 0 Å². The molecule has 2 heterocycles. The largest absolute Gasteiger partial charge is 0.477 e. The van der Waals surface area contributed by atoms with E-state index in [2.05, 4.69) is 9.97 Å². The van der Waals surface area contributed by atoms with Gasteiger partial charge in [0.25, 0.3) is 0 Å². The highest BCUT2D eigenvalue weighted by molar-refractivity contribution is 7.12. The van der Waals surface area contributed by atoms with Crippen LogP contribution in [-0.4, -0.2) is 26.0 Å². The van der Waals surface area contributed by atoms with Crippen molar-refractivity contribution in [2.45, 2.75) is 0 Å². The summed E-state index contributed by atoms with van der Waals surface area (Å²) in [5.74, 6) is -0.786. The Kier molecular flexibility index (Phi) is 3.15. The molecule has 0 saturated carbocycles. The van der Waals surface area contributed by atoms with Gasteiger partial charge in [0.15, 0.2) is 0 Å². The van der Waals surface area contributed by atoms with E-state index < -0.39 is 10.9 Å². The lowest BCUT2D eigenvalue weighted by Crippen LogP contribution is -1.94. The molecule has 92 valence electrons. The molecular weight excluding hydrogens is 262 g/mol. The van der Waals surface area contributed by atoms with Crippen molar-refractivity contribution in [3.8, 4) is 11.8 Å². The van der Waals surface area contributed by atoms with Gasteiger partial charge in [-0.05, 0) is 0 Å². The van der Waals surface area contributed by atoms with Crippen LogP contribution in [0, 0.1) is 10.1 Å². The lowest BCUT2D eigenvalue weighted by Gasteiger charge is -1.98. The number of thiophene rings is 1. The first-order valence-electron chi connectivity index (χ1n) is 4.52. The van der Waals surface area contributed by atoms with Gasteiger partial charge in [0, 0.05) is 11.4 Å². The van der Waals surface area contributed by atoms with Crippen LogP contribution in [0.3, 0.4) is 0 Å². The molecule has 0 saturated heterocycles. The summed E-state index contributed by atoms with van der Waals surface area (Å²) in [4.78, 5) is 27.8. The number of carboxylic acid groups (broad SMARTS) is 1. The topological polar surface area (TPSA) is 115 Å². The third-order valence-electron chi connectivity index (χ3n) is 1.82. The molecule has 0 bridgehead atoms. The highest BCUT2D eigenvalue weighted by Gasteiger charge is 2.11. The smallest absolute Gasteiger partial charge is 0.346 e. The average Bonchev–Trinajstić information content (AvgIpc) is 2.78. The number of aromatic carboxylic acids is 1. The maximum atomic E-state index is 10.6. The Hall–Kier alpha value is -2.55. The molecule has 0 aromatic carbocycles. The number of nitrogens with zero attached hydrogens (tertiary/aromatic N) is 3. The van der Waals surface area contributed by atoms with Crippen LogP contribution in [0.4, 0.5) is 5.69 Å². The Bertz CT molecular complexity index is 595. The number of carbonyl (C=O) groups is 1. The van der Waals surface area contributed by atoms with Crippen LogP contribution < -0.4 is 4.74 Å². The fourth-order valence-corrected chi connectivity index (χ4v) is 1.69. The van der Waals surface area contributed by atoms with Gasteiger partial charge in [-0.3, -0.25) is 10.1 Å². The van der Waals surface area contributed by atoms with E-state index in [1.54, 1.807) is 0 Å². The Morgan fingerprint density at radius 3 is 2.61 bits per heavy atom. The molecule has 0 aliphatic carbocycles. The summed E-state index contributed by atoms with van der Waals surface area (Å²) in [6.45, 7) is 0. The number of aromatic nitrogens is 2. The van der Waals surface area contributed by atoms with Crippen LogP contribution in [0.25, 0.3) is 0 Å². The molecule has 2 rings (SSSR count). The standard InChI is InChI=1S/C9H5N3O5S/c13-8(14)7-1-6(4-18-7)17-9-10-2-5(3-11-9)12(15)16/h1-4H,(H,13,14). The van der Waals surface area contributed by atoms with Crippen molar-refractivity contribution in [1.29, 1.82) is 0 Å². The zero-order chi connectivity index (χ0) is 13.1. The number of hydrogen-bond donors (Lipinski definition) is 1. The second-order valence-corrected chi connectivity index (χ2v) is 3.95. The molecule has 0 atom stereocenters. The normalized spacial score (nSPS) is 10.0. The second-order valence-electron chi connectivity index (χ2n) is 3.03. The third-order valence-corrected chi connectivity index (χ3v) is 2.72. The summed E-state index contributed by atoms with van der Waals surface area (Å²) in [6, 6.07) is 1.23. The van der Waals surface area contributed by atoms with Crippen molar-refractivity contribution >= 4 is 23.0 Å². The molecule has 0 aliphatic heterocycles. The molecule has 0 radical (unpaired) electrons. The minimum atomic E-state index is -1.06. The molecule has 0 unspecified atom stereocenters. The molecule has 2 aromatic rings. The summed E-state index contributed by atoms with van der Waals surface area (Å²) < 4.78 is 5.15. The van der Waals surface area contributed by atoms with Crippen LogP contribution in [0.1, 0.15) is 9.67 Å². The predicted molar refractivity (Wildman–Crippen MR) is 60.0 cm³/mol. The Balaban J connectivity index is 2.13. The van der Waals surface area contributed by atoms with Crippen molar-refractivity contribution in [1.82, 2.24) is 9.97 Å². The molecule has 0 fully saturated rings. The van der Waals surface area contributed by atoms with Gasteiger partial charge in [-0.1, -0.05) is 0 Å². The molecule has 0 aliphatic rings. The van der Waals surface area contributed by atoms with Crippen LogP contribution >= 0.6 is 11.3 Å². The van der Waals surface area contributed by atoms with Gasteiger partial charge in [0.2, 0.25) is 0 Å². The van der Waals surface area contributed by atoms with E-state index in [1.165, 1.54) is 11.4 Å². The van der Waals surface area contributed by atoms with Gasteiger partial charge < -0.3 is 9.84 Å². The molecule has 8 nitrogen and oxygen atoms in total. The first-order valence-corrected chi connectivity index (χ1v) is 5.40. The van der Waals surface area contributed by atoms with Gasteiger partial charge in [0.05, 0.1) is 4.92 Å². The summed E-state index contributed by atoms with van der Waals surface area (Å²) >= 11 is 0.997. The Labute approximate surface area is 104 Å². The van der Waals surface area contributed by atoms with Crippen molar-refractivity contribution < 1.29 is 19.6 Å². The average molecular weight is 267 g/mol. The molecule has 18 heavy (non-hydrogen) atoms. The van der Waals surface area contributed by atoms with Gasteiger partial charge in [-0.2, -0.15) is 9.97 Å². The minimum Gasteiger partial charge on any atom is -0.477 e. The monoisotopic (exact) mass is 267 g/mol. The van der Waals surface area contributed by atoms with Gasteiger partial charge in [-0.15, -0.1) is 11.3 Å². The fourth-order valence-electron chi connectivity index (χ4n) is 1.05. The first kappa shape index (κ1) is 11.9. The van der Waals surface area contributed by atoms with Crippen LogP contribution in [-0.2, 0) is 0 Å². The number of rotatable bonds is 4. The van der Waals surface area contributed by atoms with Crippen LogP contribution in [0.2, 0.25) is 0 Å². The Morgan fingerprint density at radius 2 is 2.11 bits per heavy atom. The van der Waals surface area contributed by atoms with Crippen molar-refractivity contribution in [3.63, 3.8) is 0 Å². The first-order chi connectivity index (χ1) is 8.56. The molecule has 0 amide bonds. The van der Waals surface area contributed by atoms with Crippen molar-refractivity contribution in [2.24, 2.45) is 0 Å². The quantitative estimate of drug-likeness (QED) is 0.664. The van der Waals surface area contributed by atoms with E-state index in [4.69, 9.17) is 9.84 Å². The van der Waals surface area contributed by atoms with Crippen molar-refractivity contribution in [2.75, 3.05) is 0 Å². The van der Waals surface area contributed by atoms with Gasteiger partial charge in [0.1, 0.15) is 23.0 Å². The molecule has 1 N–H and O–H groups in total. The fraction of sp³-hybridized carbons (Fsp3) is 0. The maximum Gasteiger partial charge on any atom is 0.346 e.